The van der Waals surface area contributed by atoms with Gasteiger partial charge < -0.3 is 24.1 Å². The van der Waals surface area contributed by atoms with Crippen molar-refractivity contribution in [1.29, 1.82) is 0 Å². The first kappa shape index (κ1) is 23.9. The van der Waals surface area contributed by atoms with Crippen LogP contribution in [0.1, 0.15) is 34.1 Å². The third-order valence-corrected chi connectivity index (χ3v) is 6.15. The second kappa shape index (κ2) is 8.29. The molecule has 0 aromatic carbocycles. The average molecular weight is 448 g/mol. The fourth-order valence-corrected chi connectivity index (χ4v) is 4.21. The fourth-order valence-electron chi connectivity index (χ4n) is 4.21. The summed E-state index contributed by atoms with van der Waals surface area (Å²) in [6, 6.07) is 0. The number of fused-ring (bicyclic) bond motifs is 2. The highest BCUT2D eigenvalue weighted by molar-refractivity contribution is 5.95. The molecule has 2 aliphatic heterocycles. The SMILES string of the molecule is C=C(C)C(=O)O[C@H]1[C@H]2C(=C)C(=O)O[C@@H]2C[C@@H](C)[C@@H]2O[C@@H]2C(=O)[C@@](C)(O)[C@@H]1OC(=O)C(=C)C. The maximum Gasteiger partial charge on any atom is 0.334 e. The minimum Gasteiger partial charge on any atom is -0.458 e. The van der Waals surface area contributed by atoms with Gasteiger partial charge in [-0.25, -0.2) is 14.4 Å². The molecule has 0 spiro atoms. The van der Waals surface area contributed by atoms with Crippen LogP contribution in [-0.2, 0) is 38.1 Å². The predicted molar refractivity (Wildman–Crippen MR) is 110 cm³/mol. The van der Waals surface area contributed by atoms with Crippen molar-refractivity contribution in [3.8, 4) is 0 Å². The van der Waals surface area contributed by atoms with Crippen molar-refractivity contribution in [2.24, 2.45) is 11.8 Å². The molecule has 0 unspecified atom stereocenters. The van der Waals surface area contributed by atoms with Crippen LogP contribution in [0.15, 0.2) is 36.5 Å². The van der Waals surface area contributed by atoms with Crippen molar-refractivity contribution < 1.29 is 43.2 Å². The molecule has 3 fully saturated rings. The minimum atomic E-state index is -2.32. The number of carbonyl (C=O) groups excluding carboxylic acids is 4. The molecule has 32 heavy (non-hydrogen) atoms. The highest BCUT2D eigenvalue weighted by Crippen LogP contribution is 2.45. The zero-order chi connectivity index (χ0) is 24.1. The summed E-state index contributed by atoms with van der Waals surface area (Å²) >= 11 is 0. The summed E-state index contributed by atoms with van der Waals surface area (Å²) in [5.74, 6) is -4.38. The van der Waals surface area contributed by atoms with Gasteiger partial charge in [-0.1, -0.05) is 26.7 Å². The molecular weight excluding hydrogens is 420 g/mol. The van der Waals surface area contributed by atoms with Crippen LogP contribution in [0.5, 0.6) is 0 Å². The van der Waals surface area contributed by atoms with Crippen LogP contribution >= 0.6 is 0 Å². The number of carbonyl (C=O) groups is 4. The number of rotatable bonds is 4. The normalized spacial score (nSPS) is 38.7. The third kappa shape index (κ3) is 4.14. The summed E-state index contributed by atoms with van der Waals surface area (Å²) in [6.45, 7) is 16.6. The number of epoxide rings is 1. The summed E-state index contributed by atoms with van der Waals surface area (Å²) in [4.78, 5) is 50.5. The van der Waals surface area contributed by atoms with Crippen LogP contribution in [0.25, 0.3) is 0 Å². The lowest BCUT2D eigenvalue weighted by Gasteiger charge is -2.40. The Hall–Kier alpha value is -2.78. The lowest BCUT2D eigenvalue weighted by molar-refractivity contribution is -0.195. The van der Waals surface area contributed by atoms with Crippen molar-refractivity contribution in [2.45, 2.75) is 70.2 Å². The Morgan fingerprint density at radius 1 is 1.12 bits per heavy atom. The maximum atomic E-state index is 13.2. The third-order valence-electron chi connectivity index (χ3n) is 6.15. The molecule has 0 aromatic rings. The first-order chi connectivity index (χ1) is 14.8. The fraction of sp³-hybridized carbons (Fsp3) is 0.565. The number of hydrogen-bond acceptors (Lipinski definition) is 9. The van der Waals surface area contributed by atoms with Crippen LogP contribution in [0.4, 0.5) is 0 Å². The molecular formula is C23H28O9. The maximum absolute atomic E-state index is 13.2. The van der Waals surface area contributed by atoms with Gasteiger partial charge in [0.25, 0.3) is 0 Å². The molecule has 0 amide bonds. The Bertz CT molecular complexity index is 914. The van der Waals surface area contributed by atoms with E-state index < -0.39 is 65.7 Å². The quantitative estimate of drug-likeness (QED) is 0.292. The smallest absolute Gasteiger partial charge is 0.334 e. The highest BCUT2D eigenvalue weighted by Gasteiger charge is 2.63. The molecule has 2 saturated heterocycles. The number of ether oxygens (including phenoxy) is 4. The van der Waals surface area contributed by atoms with E-state index in [9.17, 15) is 24.3 Å². The molecule has 174 valence electrons. The molecule has 9 nitrogen and oxygen atoms in total. The summed E-state index contributed by atoms with van der Waals surface area (Å²) in [5.41, 5.74) is -2.31. The van der Waals surface area contributed by atoms with E-state index in [0.717, 1.165) is 6.92 Å². The molecule has 0 aromatic heterocycles. The molecule has 1 N–H and O–H groups in total. The van der Waals surface area contributed by atoms with Crippen molar-refractivity contribution in [3.05, 3.63) is 36.5 Å². The summed E-state index contributed by atoms with van der Waals surface area (Å²) < 4.78 is 22.1. The standard InChI is InChI=1S/C23H28O9/c1-9(2)20(25)31-16-14-12(6)22(27)29-13(14)8-11(5)15-17(30-15)18(24)23(7,28)19(16)32-21(26)10(3)4/h11,13-17,19,28H,1,3,6,8H2,2,4-5,7H3/t11-,13-,14+,15+,16+,17+,19-,23-/m1/s1. The number of hydrogen-bond donors (Lipinski definition) is 1. The molecule has 0 bridgehead atoms. The molecule has 2 heterocycles. The average Bonchev–Trinajstić information content (AvgIpc) is 3.45. The number of esters is 3. The van der Waals surface area contributed by atoms with E-state index in [-0.39, 0.29) is 29.1 Å². The Morgan fingerprint density at radius 3 is 2.25 bits per heavy atom. The first-order valence-corrected chi connectivity index (χ1v) is 10.3. The molecule has 1 saturated carbocycles. The Morgan fingerprint density at radius 2 is 1.69 bits per heavy atom. The van der Waals surface area contributed by atoms with Gasteiger partial charge in [0.15, 0.2) is 23.6 Å². The zero-order valence-corrected chi connectivity index (χ0v) is 18.6. The van der Waals surface area contributed by atoms with E-state index in [1.165, 1.54) is 13.8 Å². The van der Waals surface area contributed by atoms with E-state index in [1.54, 1.807) is 0 Å². The van der Waals surface area contributed by atoms with Gasteiger partial charge in [-0.15, -0.1) is 0 Å². The molecule has 3 aliphatic rings. The van der Waals surface area contributed by atoms with Crippen molar-refractivity contribution in [3.63, 3.8) is 0 Å². The Balaban J connectivity index is 2.16. The van der Waals surface area contributed by atoms with Gasteiger partial charge in [-0.3, -0.25) is 4.79 Å². The summed E-state index contributed by atoms with van der Waals surface area (Å²) in [7, 11) is 0. The summed E-state index contributed by atoms with van der Waals surface area (Å²) in [6.07, 6.45) is -5.09. The Kier molecular flexibility index (Phi) is 6.19. The van der Waals surface area contributed by atoms with Gasteiger partial charge in [-0.05, 0) is 33.1 Å². The van der Waals surface area contributed by atoms with Gasteiger partial charge in [0.2, 0.25) is 0 Å². The van der Waals surface area contributed by atoms with Crippen LogP contribution < -0.4 is 0 Å². The lowest BCUT2D eigenvalue weighted by Crippen LogP contribution is -2.60. The van der Waals surface area contributed by atoms with Crippen LogP contribution in [-0.4, -0.2) is 64.9 Å². The number of aliphatic hydroxyl groups is 1. The number of Topliss-reactive ketones (excluding diaryl/α,β-unsaturated/α-hetero) is 1. The van der Waals surface area contributed by atoms with Crippen molar-refractivity contribution in [1.82, 2.24) is 0 Å². The topological polar surface area (TPSA) is 129 Å². The molecule has 0 radical (unpaired) electrons. The van der Waals surface area contributed by atoms with E-state index >= 15 is 0 Å². The Labute approximate surface area is 186 Å². The first-order valence-electron chi connectivity index (χ1n) is 10.3. The largest absolute Gasteiger partial charge is 0.458 e. The second-order valence-electron chi connectivity index (χ2n) is 9.00. The van der Waals surface area contributed by atoms with E-state index in [0.29, 0.717) is 0 Å². The van der Waals surface area contributed by atoms with Crippen LogP contribution in [0.3, 0.4) is 0 Å². The van der Waals surface area contributed by atoms with Crippen LogP contribution in [0, 0.1) is 11.8 Å². The lowest BCUT2D eigenvalue weighted by atomic mass is 9.75. The summed E-state index contributed by atoms with van der Waals surface area (Å²) in [5, 5.41) is 11.3. The van der Waals surface area contributed by atoms with Gasteiger partial charge in [0, 0.05) is 16.7 Å². The van der Waals surface area contributed by atoms with Gasteiger partial charge in [-0.2, -0.15) is 0 Å². The molecule has 9 heteroatoms. The van der Waals surface area contributed by atoms with E-state index in [4.69, 9.17) is 18.9 Å². The van der Waals surface area contributed by atoms with Gasteiger partial charge >= 0.3 is 17.9 Å². The second-order valence-corrected chi connectivity index (χ2v) is 9.00. The van der Waals surface area contributed by atoms with Crippen LogP contribution in [0.2, 0.25) is 0 Å². The van der Waals surface area contributed by atoms with Gasteiger partial charge in [0.05, 0.1) is 12.0 Å². The monoisotopic (exact) mass is 448 g/mol. The molecule has 1 aliphatic carbocycles. The molecule has 8 atom stereocenters. The van der Waals surface area contributed by atoms with E-state index in [2.05, 4.69) is 19.7 Å². The van der Waals surface area contributed by atoms with E-state index in [1.807, 2.05) is 6.92 Å². The minimum absolute atomic E-state index is 0.00128. The molecule has 3 rings (SSSR count). The highest BCUT2D eigenvalue weighted by atomic mass is 16.6. The van der Waals surface area contributed by atoms with Gasteiger partial charge in [0.1, 0.15) is 12.2 Å². The number of ketones is 1. The predicted octanol–water partition coefficient (Wildman–Crippen LogP) is 1.19. The zero-order valence-electron chi connectivity index (χ0n) is 18.6. The van der Waals surface area contributed by atoms with Crippen molar-refractivity contribution >= 4 is 23.7 Å². The van der Waals surface area contributed by atoms with Crippen molar-refractivity contribution in [2.75, 3.05) is 0 Å².